The molecule has 2 N–H and O–H groups in total. The van der Waals surface area contributed by atoms with Crippen molar-refractivity contribution in [1.82, 2.24) is 0 Å². The second-order valence-electron chi connectivity index (χ2n) is 0.183. The molecule has 2 heteroatoms. The summed E-state index contributed by atoms with van der Waals surface area (Å²) in [5.41, 5.74) is 0. The Labute approximate surface area is 24.7 Å². The molecule has 0 fully saturated rings. The molecule has 0 saturated carbocycles. The third kappa shape index (κ3) is 1.50. The molecule has 2 nitrogen and oxygen atoms in total. The van der Waals surface area contributed by atoms with E-state index in [0.717, 1.165) is 6.26 Å². The van der Waals surface area contributed by atoms with Gasteiger partial charge in [0.05, 0.1) is 6.26 Å². The van der Waals surface area contributed by atoms with Gasteiger partial charge in [-0.25, -0.2) is 0 Å². The molecule has 0 aromatic heterocycles. The quantitative estimate of drug-likeness (QED) is 0.394. The number of aliphatic hydroxyl groups is 1. The van der Waals surface area contributed by atoms with Crippen LogP contribution in [-0.2, 0) is 0 Å². The van der Waals surface area contributed by atoms with Crippen molar-refractivity contribution in [3.63, 3.8) is 0 Å². The van der Waals surface area contributed by atoms with Gasteiger partial charge in [0.2, 0.25) is 0 Å². The van der Waals surface area contributed by atoms with Crippen LogP contribution in [0.4, 0.5) is 0 Å². The molecule has 0 aromatic carbocycles. The van der Waals surface area contributed by atoms with Crippen molar-refractivity contribution in [1.29, 1.82) is 0 Å². The molecule has 0 aliphatic heterocycles. The van der Waals surface area contributed by atoms with E-state index in [4.69, 9.17) is 5.11 Å². The lowest BCUT2D eigenvalue weighted by Crippen LogP contribution is -1.25. The zero-order valence-corrected chi connectivity index (χ0v) is 2.18. The topological polar surface area (TPSA) is 50.2 Å². The maximum absolute atomic E-state index is 7.33. The van der Waals surface area contributed by atoms with Crippen LogP contribution in [0.2, 0.25) is 0 Å². The average Bonchev–Trinajstić information content (AvgIpc) is 0.918. The fourth-order valence-corrected chi connectivity index (χ4v) is 0. The molecule has 0 amide bonds. The summed E-state index contributed by atoms with van der Waals surface area (Å²) in [6, 6.07) is 0. The van der Waals surface area contributed by atoms with E-state index in [1.807, 2.05) is 0 Å². The molecule has 1 radical (unpaired) electrons. The summed E-state index contributed by atoms with van der Waals surface area (Å²) in [6.45, 7) is 2.92. The van der Waals surface area contributed by atoms with Crippen LogP contribution in [0.5, 0.6) is 0 Å². The van der Waals surface area contributed by atoms with Gasteiger partial charge in [-0.15, -0.1) is 0 Å². The van der Waals surface area contributed by atoms with Gasteiger partial charge in [0.25, 0.3) is 0 Å². The Morgan fingerprint density at radius 2 is 1.75 bits per heavy atom. The van der Waals surface area contributed by atoms with Gasteiger partial charge in [-0.3, -0.25) is 5.48 Å². The van der Waals surface area contributed by atoms with Crippen molar-refractivity contribution < 1.29 is 10.6 Å². The Balaban J connectivity index is 0. The largest absolute Gasteiger partial charge is 0.516 e. The van der Waals surface area contributed by atoms with Gasteiger partial charge in [-0.05, 0) is 0 Å². The van der Waals surface area contributed by atoms with E-state index < -0.39 is 0 Å². The fraction of sp³-hybridized carbons (Fsp3) is 0. The van der Waals surface area contributed by atoms with Crippen LogP contribution < -0.4 is 0 Å². The normalized spacial score (nSPS) is 3.00. The molecule has 0 rings (SSSR count). The molecule has 0 aliphatic carbocycles. The lowest BCUT2D eigenvalue weighted by Gasteiger charge is -1.41. The van der Waals surface area contributed by atoms with Crippen LogP contribution in [0.3, 0.4) is 0 Å². The van der Waals surface area contributed by atoms with Gasteiger partial charge in [0.15, 0.2) is 0 Å². The lowest BCUT2D eigenvalue weighted by atomic mass is 11.2. The molecule has 0 spiro atoms. The number of hydrogen-bond acceptors (Lipinski definition) is 1. The Bertz CT molecular complexity index is 11.5. The summed E-state index contributed by atoms with van der Waals surface area (Å²) in [7, 11) is 0. The van der Waals surface area contributed by atoms with Crippen molar-refractivity contribution in [3.8, 4) is 0 Å². The predicted molar refractivity (Wildman–Crippen MR) is 14.8 cm³/mol. The smallest absolute Gasteiger partial charge is 0.0719 e. The summed E-state index contributed by atoms with van der Waals surface area (Å²) >= 11 is 0. The van der Waals surface area contributed by atoms with E-state index in [1.54, 1.807) is 0 Å². The fourth-order valence-electron chi connectivity index (χ4n) is 0. The maximum atomic E-state index is 7.33. The SMILES string of the molecule is C=CO.[OH]. The third-order valence-corrected chi connectivity index (χ3v) is 0. The highest BCUT2D eigenvalue weighted by Gasteiger charge is 1.11. The van der Waals surface area contributed by atoms with Crippen LogP contribution in [0.15, 0.2) is 12.8 Å². The summed E-state index contributed by atoms with van der Waals surface area (Å²) in [5, 5.41) is 7.33. The van der Waals surface area contributed by atoms with Crippen LogP contribution in [-0.4, -0.2) is 10.6 Å². The highest BCUT2D eigenvalue weighted by molar-refractivity contribution is 4.38. The van der Waals surface area contributed by atoms with Crippen molar-refractivity contribution in [2.75, 3.05) is 0 Å². The highest BCUT2D eigenvalue weighted by atomic mass is 16.2. The Hall–Kier alpha value is -0.500. The van der Waals surface area contributed by atoms with E-state index >= 15 is 0 Å². The number of rotatable bonds is 0. The minimum absolute atomic E-state index is 0. The van der Waals surface area contributed by atoms with Crippen LogP contribution in [0.1, 0.15) is 0 Å². The first-order valence-corrected chi connectivity index (χ1v) is 0.666. The Kier molecular flexibility index (Phi) is 54.7. The van der Waals surface area contributed by atoms with Crippen LogP contribution >= 0.6 is 0 Å². The minimum Gasteiger partial charge on any atom is -0.516 e. The third-order valence-electron chi connectivity index (χ3n) is 0. The van der Waals surface area contributed by atoms with Gasteiger partial charge in [0, 0.05) is 0 Å². The van der Waals surface area contributed by atoms with E-state index in [2.05, 4.69) is 6.58 Å². The van der Waals surface area contributed by atoms with Crippen molar-refractivity contribution in [2.24, 2.45) is 0 Å². The molecule has 0 aromatic rings. The predicted octanol–water partition coefficient (Wildman–Crippen LogP) is 0.511. The van der Waals surface area contributed by atoms with Crippen molar-refractivity contribution >= 4 is 0 Å². The van der Waals surface area contributed by atoms with Crippen molar-refractivity contribution in [3.05, 3.63) is 12.8 Å². The zero-order valence-electron chi connectivity index (χ0n) is 2.18. The van der Waals surface area contributed by atoms with E-state index in [-0.39, 0.29) is 5.48 Å². The second kappa shape index (κ2) is 22.5. The first kappa shape index (κ1) is 9.72. The molecular formula is C2H5O2. The summed E-state index contributed by atoms with van der Waals surface area (Å²) in [4.78, 5) is 0. The molecule has 0 heterocycles. The summed E-state index contributed by atoms with van der Waals surface area (Å²) < 4.78 is 0. The van der Waals surface area contributed by atoms with Gasteiger partial charge in [0.1, 0.15) is 0 Å². The Morgan fingerprint density at radius 3 is 1.75 bits per heavy atom. The van der Waals surface area contributed by atoms with Crippen molar-refractivity contribution in [2.45, 2.75) is 0 Å². The Morgan fingerprint density at radius 1 is 1.75 bits per heavy atom. The molecule has 0 aliphatic rings. The monoisotopic (exact) mass is 61.0 g/mol. The lowest BCUT2D eigenvalue weighted by molar-refractivity contribution is 0.476. The molecule has 0 saturated heterocycles. The van der Waals surface area contributed by atoms with E-state index in [1.165, 1.54) is 0 Å². The molecular weight excluding hydrogens is 56.0 g/mol. The van der Waals surface area contributed by atoms with E-state index in [0.29, 0.717) is 0 Å². The van der Waals surface area contributed by atoms with Crippen LogP contribution in [0.25, 0.3) is 0 Å². The first-order valence-electron chi connectivity index (χ1n) is 0.666. The summed E-state index contributed by atoms with van der Waals surface area (Å²) in [5.74, 6) is 0. The molecule has 25 valence electrons. The molecule has 0 unspecified atom stereocenters. The van der Waals surface area contributed by atoms with Crippen LogP contribution in [0, 0.1) is 0 Å². The second-order valence-corrected chi connectivity index (χ2v) is 0.183. The minimum atomic E-state index is 0. The first-order chi connectivity index (χ1) is 1.41. The molecule has 0 atom stereocenters. The van der Waals surface area contributed by atoms with Gasteiger partial charge >= 0.3 is 0 Å². The van der Waals surface area contributed by atoms with Gasteiger partial charge in [-0.2, -0.15) is 0 Å². The number of hydrogen-bond donors (Lipinski definition) is 2. The van der Waals surface area contributed by atoms with Gasteiger partial charge < -0.3 is 5.11 Å². The standard InChI is InChI=1S/C2H4O.HO/c1-2-3;/h2-3H,1H2;1H. The summed E-state index contributed by atoms with van der Waals surface area (Å²) in [6.07, 6.45) is 0.750. The number of aliphatic hydroxyl groups excluding tert-OH is 1. The highest BCUT2D eigenvalue weighted by Crippen LogP contribution is 1.26. The van der Waals surface area contributed by atoms with Gasteiger partial charge in [-0.1, -0.05) is 6.58 Å². The molecule has 4 heavy (non-hydrogen) atoms. The molecule has 0 bridgehead atoms. The average molecular weight is 61.1 g/mol. The maximum Gasteiger partial charge on any atom is 0.0719 e. The van der Waals surface area contributed by atoms with E-state index in [9.17, 15) is 0 Å². The zero-order chi connectivity index (χ0) is 2.71.